The largest absolute Gasteiger partial charge is 0.303 e. The molecule has 7 nitrogen and oxygen atoms in total. The average molecular weight is 365 g/mol. The fraction of sp³-hybridized carbons (Fsp3) is 0.222. The molecule has 0 unspecified atom stereocenters. The molecule has 0 spiro atoms. The maximum absolute atomic E-state index is 12.7. The second-order valence-electron chi connectivity index (χ2n) is 5.80. The number of nitrogens with zero attached hydrogens (tertiary/aromatic N) is 5. The predicted molar refractivity (Wildman–Crippen MR) is 99.5 cm³/mol. The zero-order valence-electron chi connectivity index (χ0n) is 14.0. The Kier molecular flexibility index (Phi) is 4.26. The molecule has 3 aromatic heterocycles. The van der Waals surface area contributed by atoms with Crippen molar-refractivity contribution in [1.82, 2.24) is 24.7 Å². The highest BCUT2D eigenvalue weighted by atomic mass is 32.1. The Morgan fingerprint density at radius 2 is 2.00 bits per heavy atom. The van der Waals surface area contributed by atoms with Crippen LogP contribution < -0.4 is 5.56 Å². The number of fused-ring (bicyclic) bond motifs is 2. The van der Waals surface area contributed by atoms with Gasteiger partial charge in [-0.2, -0.15) is 5.10 Å². The van der Waals surface area contributed by atoms with Crippen LogP contribution in [0.2, 0.25) is 0 Å². The third kappa shape index (κ3) is 2.88. The predicted octanol–water partition coefficient (Wildman–Crippen LogP) is 2.15. The van der Waals surface area contributed by atoms with Crippen LogP contribution in [0.5, 0.6) is 0 Å². The lowest BCUT2D eigenvalue weighted by atomic mass is 10.2. The summed E-state index contributed by atoms with van der Waals surface area (Å²) in [5, 5.41) is 5.11. The molecule has 26 heavy (non-hydrogen) atoms. The van der Waals surface area contributed by atoms with Crippen LogP contribution in [0.4, 0.5) is 0 Å². The molecular formula is C18H15N5O2S. The van der Waals surface area contributed by atoms with E-state index in [2.05, 4.69) is 45.2 Å². The van der Waals surface area contributed by atoms with Gasteiger partial charge in [-0.1, -0.05) is 13.0 Å². The minimum Gasteiger partial charge on any atom is -0.303 e. The number of aryl methyl sites for hydroxylation is 1. The van der Waals surface area contributed by atoms with Gasteiger partial charge in [0.2, 0.25) is 0 Å². The number of aldehydes is 1. The monoisotopic (exact) mass is 365 g/mol. The molecule has 8 heteroatoms. The van der Waals surface area contributed by atoms with Gasteiger partial charge in [0.05, 0.1) is 22.5 Å². The third-order valence-corrected chi connectivity index (χ3v) is 5.14. The molecule has 0 amide bonds. The molecule has 1 aromatic carbocycles. The lowest BCUT2D eigenvalue weighted by Gasteiger charge is -2.06. The number of carbonyl (C=O) groups is 1. The minimum absolute atomic E-state index is 0.0785. The SMILES string of the molecule is CCc1ccc2sc(Cn3nc(CC=O)c4nccnc4c3=O)nc2c1. The van der Waals surface area contributed by atoms with Crippen LogP contribution in [-0.4, -0.2) is 31.0 Å². The van der Waals surface area contributed by atoms with E-state index < -0.39 is 0 Å². The quantitative estimate of drug-likeness (QED) is 0.503. The first-order valence-corrected chi connectivity index (χ1v) is 9.04. The molecule has 0 N–H and O–H groups in total. The lowest BCUT2D eigenvalue weighted by molar-refractivity contribution is -0.107. The molecule has 0 bridgehead atoms. The van der Waals surface area contributed by atoms with Gasteiger partial charge < -0.3 is 4.79 Å². The molecular weight excluding hydrogens is 350 g/mol. The zero-order valence-corrected chi connectivity index (χ0v) is 14.9. The van der Waals surface area contributed by atoms with Crippen molar-refractivity contribution in [3.63, 3.8) is 0 Å². The maximum Gasteiger partial charge on any atom is 0.295 e. The second kappa shape index (κ2) is 6.72. The summed E-state index contributed by atoms with van der Waals surface area (Å²) in [7, 11) is 0. The van der Waals surface area contributed by atoms with Crippen LogP contribution in [0.25, 0.3) is 21.3 Å². The van der Waals surface area contributed by atoms with E-state index in [1.165, 1.54) is 34.0 Å². The fourth-order valence-electron chi connectivity index (χ4n) is 2.83. The highest BCUT2D eigenvalue weighted by Gasteiger charge is 2.14. The summed E-state index contributed by atoms with van der Waals surface area (Å²) >= 11 is 1.53. The van der Waals surface area contributed by atoms with Crippen molar-refractivity contribution in [2.75, 3.05) is 0 Å². The van der Waals surface area contributed by atoms with Gasteiger partial charge in [0.25, 0.3) is 5.56 Å². The zero-order chi connectivity index (χ0) is 18.1. The van der Waals surface area contributed by atoms with E-state index >= 15 is 0 Å². The first-order valence-electron chi connectivity index (χ1n) is 8.22. The number of thiazole rings is 1. The standard InChI is InChI=1S/C18H15N5O2S/c1-2-11-3-4-14-13(9-11)21-15(26-14)10-23-18(25)17-16(19-6-7-20-17)12(22-23)5-8-24/h3-4,6-9H,2,5,10H2,1H3. The first-order chi connectivity index (χ1) is 12.7. The molecule has 0 aliphatic heterocycles. The number of hydrogen-bond acceptors (Lipinski definition) is 7. The van der Waals surface area contributed by atoms with Gasteiger partial charge in [0.15, 0.2) is 5.52 Å². The van der Waals surface area contributed by atoms with Gasteiger partial charge in [-0.3, -0.25) is 9.78 Å². The highest BCUT2D eigenvalue weighted by Crippen LogP contribution is 2.24. The normalized spacial score (nSPS) is 11.3. The van der Waals surface area contributed by atoms with Crippen molar-refractivity contribution in [1.29, 1.82) is 0 Å². The number of benzene rings is 1. The Balaban J connectivity index is 1.80. The summed E-state index contributed by atoms with van der Waals surface area (Å²) in [6.07, 6.45) is 4.72. The first kappa shape index (κ1) is 16.5. The maximum atomic E-state index is 12.7. The molecule has 0 radical (unpaired) electrons. The van der Waals surface area contributed by atoms with Crippen molar-refractivity contribution in [3.05, 3.63) is 57.2 Å². The fourth-order valence-corrected chi connectivity index (χ4v) is 3.76. The minimum atomic E-state index is -0.337. The molecule has 4 aromatic rings. The smallest absolute Gasteiger partial charge is 0.295 e. The summed E-state index contributed by atoms with van der Waals surface area (Å²) in [4.78, 5) is 36.6. The Morgan fingerprint density at radius 1 is 1.19 bits per heavy atom. The number of aromatic nitrogens is 5. The van der Waals surface area contributed by atoms with E-state index in [9.17, 15) is 9.59 Å². The van der Waals surface area contributed by atoms with Gasteiger partial charge in [-0.15, -0.1) is 11.3 Å². The molecule has 3 heterocycles. The number of hydrogen-bond donors (Lipinski definition) is 0. The third-order valence-electron chi connectivity index (χ3n) is 4.12. The Bertz CT molecular complexity index is 1180. The van der Waals surface area contributed by atoms with Crippen molar-refractivity contribution < 1.29 is 4.79 Å². The summed E-state index contributed by atoms with van der Waals surface area (Å²) < 4.78 is 2.38. The Morgan fingerprint density at radius 3 is 2.77 bits per heavy atom. The molecule has 4 rings (SSSR count). The second-order valence-corrected chi connectivity index (χ2v) is 6.91. The van der Waals surface area contributed by atoms with Gasteiger partial charge in [0, 0.05) is 18.8 Å². The molecule has 0 atom stereocenters. The van der Waals surface area contributed by atoms with Crippen LogP contribution in [-0.2, 0) is 24.2 Å². The molecule has 0 saturated heterocycles. The molecule has 0 aliphatic carbocycles. The van der Waals surface area contributed by atoms with Crippen LogP contribution in [0.15, 0.2) is 35.4 Å². The van der Waals surface area contributed by atoms with Crippen molar-refractivity contribution in [2.24, 2.45) is 0 Å². The van der Waals surface area contributed by atoms with E-state index in [1.54, 1.807) is 0 Å². The van der Waals surface area contributed by atoms with Gasteiger partial charge >= 0.3 is 0 Å². The van der Waals surface area contributed by atoms with Crippen LogP contribution >= 0.6 is 11.3 Å². The van der Waals surface area contributed by atoms with E-state index in [-0.39, 0.29) is 24.0 Å². The van der Waals surface area contributed by atoms with E-state index in [4.69, 9.17) is 0 Å². The number of rotatable bonds is 5. The van der Waals surface area contributed by atoms with Gasteiger partial charge in [0.1, 0.15) is 16.8 Å². The Labute approximate surface area is 152 Å². The van der Waals surface area contributed by atoms with E-state index in [1.807, 2.05) is 0 Å². The number of carbonyl (C=O) groups excluding carboxylic acids is 1. The summed E-state index contributed by atoms with van der Waals surface area (Å²) in [5.74, 6) is 0. The summed E-state index contributed by atoms with van der Waals surface area (Å²) in [6.45, 7) is 2.33. The van der Waals surface area contributed by atoms with Crippen LogP contribution in [0.3, 0.4) is 0 Å². The summed E-state index contributed by atoms with van der Waals surface area (Å²) in [6, 6.07) is 6.20. The van der Waals surface area contributed by atoms with Gasteiger partial charge in [-0.05, 0) is 24.1 Å². The van der Waals surface area contributed by atoms with Crippen LogP contribution in [0.1, 0.15) is 23.2 Å². The molecule has 0 fully saturated rings. The van der Waals surface area contributed by atoms with Crippen LogP contribution in [0, 0.1) is 0 Å². The summed E-state index contributed by atoms with van der Waals surface area (Å²) in [5.41, 5.74) is 2.84. The highest BCUT2D eigenvalue weighted by molar-refractivity contribution is 7.18. The lowest BCUT2D eigenvalue weighted by Crippen LogP contribution is -2.26. The Hall–Kier alpha value is -3.00. The van der Waals surface area contributed by atoms with E-state index in [0.717, 1.165) is 27.9 Å². The molecule has 0 saturated carbocycles. The van der Waals surface area contributed by atoms with Crippen molar-refractivity contribution in [2.45, 2.75) is 26.3 Å². The van der Waals surface area contributed by atoms with Gasteiger partial charge in [-0.25, -0.2) is 14.6 Å². The topological polar surface area (TPSA) is 90.6 Å². The molecule has 130 valence electrons. The van der Waals surface area contributed by atoms with E-state index in [0.29, 0.717) is 11.2 Å². The van der Waals surface area contributed by atoms with Crippen molar-refractivity contribution in [3.8, 4) is 0 Å². The average Bonchev–Trinajstić information content (AvgIpc) is 3.07. The van der Waals surface area contributed by atoms with Crippen molar-refractivity contribution >= 4 is 38.9 Å². The molecule has 0 aliphatic rings.